The summed E-state index contributed by atoms with van der Waals surface area (Å²) in [5, 5.41) is 0. The van der Waals surface area contributed by atoms with Crippen molar-refractivity contribution in [3.63, 3.8) is 0 Å². The highest BCUT2D eigenvalue weighted by atomic mass is 16.5. The molecule has 0 radical (unpaired) electrons. The predicted octanol–water partition coefficient (Wildman–Crippen LogP) is 3.84. The zero-order valence-electron chi connectivity index (χ0n) is 12.6. The summed E-state index contributed by atoms with van der Waals surface area (Å²) in [7, 11) is 1.32. The molecule has 108 valence electrons. The molecular weight excluding hydrogens is 240 g/mol. The molecule has 0 aliphatic heterocycles. The normalized spacial score (nSPS) is 11.6. The van der Waals surface area contributed by atoms with Crippen LogP contribution >= 0.6 is 0 Å². The van der Waals surface area contributed by atoms with E-state index in [1.807, 2.05) is 0 Å². The van der Waals surface area contributed by atoms with Crippen LogP contribution in [-0.2, 0) is 14.3 Å². The predicted molar refractivity (Wildman–Crippen MR) is 77.8 cm³/mol. The molecule has 0 saturated carbocycles. The number of ether oxygens (including phenoxy) is 1. The number of allylic oxidation sites excluding steroid dienone is 3. The Kier molecular flexibility index (Phi) is 8.84. The quantitative estimate of drug-likeness (QED) is 0.362. The van der Waals surface area contributed by atoms with E-state index in [0.717, 1.165) is 18.4 Å². The van der Waals surface area contributed by atoms with Gasteiger partial charge in [0.05, 0.1) is 7.11 Å². The fourth-order valence-electron chi connectivity index (χ4n) is 1.84. The maximum Gasteiger partial charge on any atom is 0.316 e. The summed E-state index contributed by atoms with van der Waals surface area (Å²) in [5.74, 6) is -1.11. The number of carbonyl (C=O) groups is 2. The second-order valence-electron chi connectivity index (χ2n) is 5.00. The van der Waals surface area contributed by atoms with Crippen molar-refractivity contribution in [2.24, 2.45) is 5.92 Å². The molecule has 3 nitrogen and oxygen atoms in total. The van der Waals surface area contributed by atoms with Gasteiger partial charge in [0, 0.05) is 6.42 Å². The van der Waals surface area contributed by atoms with Crippen LogP contribution < -0.4 is 0 Å². The van der Waals surface area contributed by atoms with E-state index in [1.54, 1.807) is 6.92 Å². The maximum absolute atomic E-state index is 11.7. The zero-order valence-corrected chi connectivity index (χ0v) is 12.6. The molecule has 0 aromatic heterocycles. The zero-order chi connectivity index (χ0) is 14.8. The van der Waals surface area contributed by atoms with E-state index in [4.69, 9.17) is 0 Å². The Morgan fingerprint density at radius 2 is 1.89 bits per heavy atom. The molecule has 3 heteroatoms. The molecule has 1 atom stereocenters. The van der Waals surface area contributed by atoms with Gasteiger partial charge in [0.2, 0.25) is 0 Å². The first-order valence-electron chi connectivity index (χ1n) is 6.82. The van der Waals surface area contributed by atoms with Gasteiger partial charge in [-0.1, -0.05) is 30.7 Å². The van der Waals surface area contributed by atoms with Crippen LogP contribution in [0.1, 0.15) is 52.9 Å². The van der Waals surface area contributed by atoms with Gasteiger partial charge >= 0.3 is 5.97 Å². The highest BCUT2D eigenvalue weighted by Gasteiger charge is 2.25. The van der Waals surface area contributed by atoms with Crippen LogP contribution in [0.5, 0.6) is 0 Å². The van der Waals surface area contributed by atoms with Crippen LogP contribution in [0.15, 0.2) is 23.8 Å². The SMILES string of the molecule is C=C(CCC=C(C)C)CCC(C(=O)CC)C(=O)OC. The Hall–Kier alpha value is -1.38. The average molecular weight is 266 g/mol. The molecule has 0 aliphatic rings. The molecule has 0 aromatic rings. The summed E-state index contributed by atoms with van der Waals surface area (Å²) < 4.78 is 4.68. The lowest BCUT2D eigenvalue weighted by atomic mass is 9.93. The Labute approximate surface area is 116 Å². The molecule has 19 heavy (non-hydrogen) atoms. The van der Waals surface area contributed by atoms with Crippen molar-refractivity contribution in [2.75, 3.05) is 7.11 Å². The Bertz CT molecular complexity index is 333. The van der Waals surface area contributed by atoms with E-state index < -0.39 is 11.9 Å². The number of ketones is 1. The minimum atomic E-state index is -0.629. The third-order valence-electron chi connectivity index (χ3n) is 3.06. The number of methoxy groups -OCH3 is 1. The monoisotopic (exact) mass is 266 g/mol. The summed E-state index contributed by atoms with van der Waals surface area (Å²) in [4.78, 5) is 23.2. The first kappa shape index (κ1) is 17.6. The van der Waals surface area contributed by atoms with Crippen molar-refractivity contribution in [2.45, 2.75) is 52.9 Å². The van der Waals surface area contributed by atoms with Crippen LogP contribution in [-0.4, -0.2) is 18.9 Å². The molecule has 0 aromatic carbocycles. The van der Waals surface area contributed by atoms with E-state index in [1.165, 1.54) is 12.7 Å². The summed E-state index contributed by atoms with van der Waals surface area (Å²) in [6.45, 7) is 9.90. The minimum absolute atomic E-state index is 0.0519. The van der Waals surface area contributed by atoms with E-state index in [2.05, 4.69) is 31.2 Å². The fourth-order valence-corrected chi connectivity index (χ4v) is 1.84. The second kappa shape index (κ2) is 9.54. The number of hydrogen-bond donors (Lipinski definition) is 0. The van der Waals surface area contributed by atoms with Crippen molar-refractivity contribution in [3.05, 3.63) is 23.8 Å². The highest BCUT2D eigenvalue weighted by molar-refractivity contribution is 5.98. The minimum Gasteiger partial charge on any atom is -0.468 e. The number of carbonyl (C=O) groups excluding carboxylic acids is 2. The number of hydrogen-bond acceptors (Lipinski definition) is 3. The highest BCUT2D eigenvalue weighted by Crippen LogP contribution is 2.18. The lowest BCUT2D eigenvalue weighted by Crippen LogP contribution is -2.24. The summed E-state index contributed by atoms with van der Waals surface area (Å²) in [6.07, 6.45) is 5.60. The molecule has 0 rings (SSSR count). The summed E-state index contributed by atoms with van der Waals surface area (Å²) >= 11 is 0. The topological polar surface area (TPSA) is 43.4 Å². The molecule has 0 bridgehead atoms. The molecule has 0 amide bonds. The fraction of sp³-hybridized carbons (Fsp3) is 0.625. The van der Waals surface area contributed by atoms with Gasteiger partial charge in [-0.3, -0.25) is 9.59 Å². The van der Waals surface area contributed by atoms with Crippen molar-refractivity contribution in [3.8, 4) is 0 Å². The summed E-state index contributed by atoms with van der Waals surface area (Å²) in [5.41, 5.74) is 2.37. The molecule has 0 aliphatic carbocycles. The third-order valence-corrected chi connectivity index (χ3v) is 3.06. The van der Waals surface area contributed by atoms with Gasteiger partial charge in [0.25, 0.3) is 0 Å². The molecular formula is C16H26O3. The van der Waals surface area contributed by atoms with Gasteiger partial charge in [-0.25, -0.2) is 0 Å². The molecule has 0 saturated heterocycles. The van der Waals surface area contributed by atoms with Crippen molar-refractivity contribution in [1.82, 2.24) is 0 Å². The average Bonchev–Trinajstić information content (AvgIpc) is 2.37. The molecule has 0 heterocycles. The van der Waals surface area contributed by atoms with Gasteiger partial charge in [-0.2, -0.15) is 0 Å². The number of rotatable bonds is 9. The van der Waals surface area contributed by atoms with Gasteiger partial charge in [0.15, 0.2) is 0 Å². The smallest absolute Gasteiger partial charge is 0.316 e. The number of Topliss-reactive ketones (excluding diaryl/α,β-unsaturated/α-hetero) is 1. The number of esters is 1. The van der Waals surface area contributed by atoms with Crippen molar-refractivity contribution < 1.29 is 14.3 Å². The van der Waals surface area contributed by atoms with E-state index in [9.17, 15) is 9.59 Å². The standard InChI is InChI=1S/C16H26O3/c1-6-15(17)14(16(18)19-5)11-10-13(4)9-7-8-12(2)3/h8,14H,4,6-7,9-11H2,1-3,5H3. The van der Waals surface area contributed by atoms with Crippen LogP contribution in [0.3, 0.4) is 0 Å². The van der Waals surface area contributed by atoms with E-state index in [0.29, 0.717) is 19.3 Å². The largest absolute Gasteiger partial charge is 0.468 e. The molecule has 0 spiro atoms. The first-order chi connectivity index (χ1) is 8.92. The van der Waals surface area contributed by atoms with Crippen LogP contribution in [0.4, 0.5) is 0 Å². The summed E-state index contributed by atoms with van der Waals surface area (Å²) in [6, 6.07) is 0. The lowest BCUT2D eigenvalue weighted by Gasteiger charge is -2.13. The van der Waals surface area contributed by atoms with Gasteiger partial charge in [-0.15, -0.1) is 0 Å². The van der Waals surface area contributed by atoms with E-state index >= 15 is 0 Å². The van der Waals surface area contributed by atoms with Crippen molar-refractivity contribution in [1.29, 1.82) is 0 Å². The maximum atomic E-state index is 11.7. The van der Waals surface area contributed by atoms with Crippen molar-refractivity contribution >= 4 is 11.8 Å². The Morgan fingerprint density at radius 1 is 1.26 bits per heavy atom. The van der Waals surface area contributed by atoms with E-state index in [-0.39, 0.29) is 5.78 Å². The Balaban J connectivity index is 4.25. The van der Waals surface area contributed by atoms with Crippen LogP contribution in [0, 0.1) is 5.92 Å². The van der Waals surface area contributed by atoms with Crippen LogP contribution in [0.25, 0.3) is 0 Å². The van der Waals surface area contributed by atoms with Crippen LogP contribution in [0.2, 0.25) is 0 Å². The Morgan fingerprint density at radius 3 is 2.37 bits per heavy atom. The van der Waals surface area contributed by atoms with Gasteiger partial charge in [0.1, 0.15) is 11.7 Å². The molecule has 0 N–H and O–H groups in total. The second-order valence-corrected chi connectivity index (χ2v) is 5.00. The lowest BCUT2D eigenvalue weighted by molar-refractivity contribution is -0.149. The third kappa shape index (κ3) is 7.60. The molecule has 0 fully saturated rings. The van der Waals surface area contributed by atoms with Gasteiger partial charge in [-0.05, 0) is 39.5 Å². The first-order valence-corrected chi connectivity index (χ1v) is 6.82. The van der Waals surface area contributed by atoms with Gasteiger partial charge < -0.3 is 4.74 Å². The molecule has 1 unspecified atom stereocenters.